The molecule has 1 heterocycles. The molecule has 1 aliphatic rings. The molecule has 1 aliphatic heterocycles. The fourth-order valence-corrected chi connectivity index (χ4v) is 1.76. The van der Waals surface area contributed by atoms with E-state index in [1.165, 1.54) is 18.9 Å². The molecule has 2 rings (SSSR count). The summed E-state index contributed by atoms with van der Waals surface area (Å²) in [4.78, 5) is 2.34. The number of hydrogen-bond acceptors (Lipinski definition) is 1. The molecule has 78 valence electrons. The molecular formula is C11H13BrFMgN. The van der Waals surface area contributed by atoms with E-state index < -0.39 is 0 Å². The number of benzene rings is 1. The SMILES string of the molecule is Fc1cc[c-]c(CN2CCCC2)c1.[Br-].[Mg+2]. The van der Waals surface area contributed by atoms with Crippen molar-refractivity contribution in [1.82, 2.24) is 4.90 Å². The topological polar surface area (TPSA) is 3.24 Å². The second kappa shape index (κ2) is 7.60. The van der Waals surface area contributed by atoms with E-state index in [1.54, 1.807) is 12.1 Å². The zero-order chi connectivity index (χ0) is 9.10. The smallest absolute Gasteiger partial charge is 1.00 e. The Morgan fingerprint density at radius 3 is 2.60 bits per heavy atom. The van der Waals surface area contributed by atoms with Crippen molar-refractivity contribution in [3.63, 3.8) is 0 Å². The third kappa shape index (κ3) is 4.81. The summed E-state index contributed by atoms with van der Waals surface area (Å²) in [6.45, 7) is 3.13. The Balaban J connectivity index is 0.000000980. The molecule has 15 heavy (non-hydrogen) atoms. The number of hydrogen-bond donors (Lipinski definition) is 0. The first-order chi connectivity index (χ1) is 6.34. The van der Waals surface area contributed by atoms with Crippen molar-refractivity contribution >= 4 is 23.1 Å². The van der Waals surface area contributed by atoms with Gasteiger partial charge in [0.05, 0.1) is 0 Å². The third-order valence-corrected chi connectivity index (χ3v) is 2.42. The monoisotopic (exact) mass is 281 g/mol. The molecule has 1 fully saturated rings. The molecular weight excluding hydrogens is 269 g/mol. The zero-order valence-electron chi connectivity index (χ0n) is 8.68. The van der Waals surface area contributed by atoms with Crippen molar-refractivity contribution < 1.29 is 21.4 Å². The summed E-state index contributed by atoms with van der Waals surface area (Å²) < 4.78 is 12.8. The fourth-order valence-electron chi connectivity index (χ4n) is 1.76. The van der Waals surface area contributed by atoms with Crippen LogP contribution in [-0.2, 0) is 6.54 Å². The molecule has 1 saturated heterocycles. The number of rotatable bonds is 2. The van der Waals surface area contributed by atoms with Gasteiger partial charge in [-0.3, -0.25) is 0 Å². The van der Waals surface area contributed by atoms with E-state index in [9.17, 15) is 4.39 Å². The van der Waals surface area contributed by atoms with Crippen molar-refractivity contribution in [2.75, 3.05) is 13.1 Å². The van der Waals surface area contributed by atoms with Crippen LogP contribution in [0.5, 0.6) is 0 Å². The molecule has 1 aromatic rings. The average Bonchev–Trinajstić information content (AvgIpc) is 2.57. The average molecular weight is 282 g/mol. The van der Waals surface area contributed by atoms with E-state index in [2.05, 4.69) is 11.0 Å². The van der Waals surface area contributed by atoms with Gasteiger partial charge in [0.1, 0.15) is 0 Å². The van der Waals surface area contributed by atoms with Gasteiger partial charge in [0.25, 0.3) is 0 Å². The molecule has 0 spiro atoms. The van der Waals surface area contributed by atoms with Crippen LogP contribution in [0.15, 0.2) is 18.2 Å². The van der Waals surface area contributed by atoms with Gasteiger partial charge in [-0.15, -0.1) is 17.7 Å². The minimum Gasteiger partial charge on any atom is -1.00 e. The van der Waals surface area contributed by atoms with Crippen LogP contribution in [0.3, 0.4) is 0 Å². The van der Waals surface area contributed by atoms with Crippen LogP contribution in [0.2, 0.25) is 0 Å². The minimum atomic E-state index is -0.159. The van der Waals surface area contributed by atoms with E-state index in [0.29, 0.717) is 0 Å². The molecule has 0 N–H and O–H groups in total. The Bertz CT molecular complexity index is 290. The maximum Gasteiger partial charge on any atom is 2.00 e. The van der Waals surface area contributed by atoms with Crippen LogP contribution in [0.1, 0.15) is 18.4 Å². The number of nitrogens with zero attached hydrogens (tertiary/aromatic N) is 1. The molecule has 0 unspecified atom stereocenters. The van der Waals surface area contributed by atoms with Gasteiger partial charge < -0.3 is 21.9 Å². The second-order valence-electron chi connectivity index (χ2n) is 3.52. The Kier molecular flexibility index (Phi) is 7.78. The van der Waals surface area contributed by atoms with Crippen LogP contribution in [-0.4, -0.2) is 41.0 Å². The molecule has 1 aromatic carbocycles. The number of likely N-dealkylation sites (tertiary alicyclic amines) is 1. The summed E-state index contributed by atoms with van der Waals surface area (Å²) in [7, 11) is 0. The van der Waals surface area contributed by atoms with Crippen molar-refractivity contribution in [3.05, 3.63) is 35.6 Å². The van der Waals surface area contributed by atoms with Gasteiger partial charge in [0.2, 0.25) is 0 Å². The Hall–Kier alpha value is 0.356. The van der Waals surface area contributed by atoms with Crippen molar-refractivity contribution in [3.8, 4) is 0 Å². The molecule has 0 saturated carbocycles. The van der Waals surface area contributed by atoms with Crippen LogP contribution < -0.4 is 17.0 Å². The van der Waals surface area contributed by atoms with E-state index in [4.69, 9.17) is 0 Å². The van der Waals surface area contributed by atoms with Crippen molar-refractivity contribution in [1.29, 1.82) is 0 Å². The largest absolute Gasteiger partial charge is 2.00 e. The quantitative estimate of drug-likeness (QED) is 0.489. The van der Waals surface area contributed by atoms with Crippen LogP contribution >= 0.6 is 0 Å². The van der Waals surface area contributed by atoms with Gasteiger partial charge in [-0.1, -0.05) is 0 Å². The van der Waals surface area contributed by atoms with Gasteiger partial charge in [-0.05, 0) is 25.9 Å². The zero-order valence-corrected chi connectivity index (χ0v) is 11.7. The molecule has 0 amide bonds. The number of halogens is 2. The molecule has 4 heteroatoms. The summed E-state index contributed by atoms with van der Waals surface area (Å²) in [5.74, 6) is -0.159. The van der Waals surface area contributed by atoms with Gasteiger partial charge in [0, 0.05) is 12.4 Å². The van der Waals surface area contributed by atoms with E-state index in [1.807, 2.05) is 0 Å². The Labute approximate surface area is 117 Å². The predicted octanol–water partition coefficient (Wildman–Crippen LogP) is -1.16. The summed E-state index contributed by atoms with van der Waals surface area (Å²) in [6.07, 6.45) is 2.55. The van der Waals surface area contributed by atoms with Crippen molar-refractivity contribution in [2.45, 2.75) is 19.4 Å². The summed E-state index contributed by atoms with van der Waals surface area (Å²) >= 11 is 0. The minimum absolute atomic E-state index is 0. The molecule has 0 aromatic heterocycles. The predicted molar refractivity (Wildman–Crippen MR) is 55.5 cm³/mol. The first-order valence-corrected chi connectivity index (χ1v) is 4.73. The summed E-state index contributed by atoms with van der Waals surface area (Å²) in [5.41, 5.74) is 0.960. The fraction of sp³-hybridized carbons (Fsp3) is 0.455. The van der Waals surface area contributed by atoms with Gasteiger partial charge in [0.15, 0.2) is 0 Å². The van der Waals surface area contributed by atoms with Gasteiger partial charge >= 0.3 is 23.1 Å². The maximum absolute atomic E-state index is 12.8. The van der Waals surface area contributed by atoms with Gasteiger partial charge in [-0.25, -0.2) is 4.39 Å². The van der Waals surface area contributed by atoms with E-state index in [0.717, 1.165) is 25.2 Å². The second-order valence-corrected chi connectivity index (χ2v) is 3.52. The standard InChI is InChI=1S/C11H13FN.BrH.Mg/c12-11-5-3-4-10(8-11)9-13-6-1-2-7-13;;/h3,5,8H,1-2,6-7,9H2;1H;/q-1;;+2/p-1. The van der Waals surface area contributed by atoms with Crippen molar-refractivity contribution in [2.24, 2.45) is 0 Å². The Morgan fingerprint density at radius 1 is 1.33 bits per heavy atom. The molecule has 0 bridgehead atoms. The first-order valence-electron chi connectivity index (χ1n) is 4.73. The Morgan fingerprint density at radius 2 is 2.00 bits per heavy atom. The third-order valence-electron chi connectivity index (χ3n) is 2.42. The molecule has 0 atom stereocenters. The molecule has 0 radical (unpaired) electrons. The van der Waals surface area contributed by atoms with Crippen LogP contribution in [0.4, 0.5) is 4.39 Å². The van der Waals surface area contributed by atoms with Crippen LogP contribution in [0.25, 0.3) is 0 Å². The molecule has 0 aliphatic carbocycles. The first kappa shape index (κ1) is 15.4. The van der Waals surface area contributed by atoms with Gasteiger partial charge in [-0.2, -0.15) is 12.1 Å². The normalized spacial score (nSPS) is 15.5. The van der Waals surface area contributed by atoms with E-state index >= 15 is 0 Å². The summed E-state index contributed by atoms with van der Waals surface area (Å²) in [6, 6.07) is 7.71. The summed E-state index contributed by atoms with van der Waals surface area (Å²) in [5, 5.41) is 0. The van der Waals surface area contributed by atoms with Crippen LogP contribution in [0, 0.1) is 11.9 Å². The molecule has 1 nitrogen and oxygen atoms in total. The maximum atomic E-state index is 12.8. The van der Waals surface area contributed by atoms with E-state index in [-0.39, 0.29) is 45.9 Å².